The smallest absolute Gasteiger partial charge is 0.310 e. The normalized spacial score (nSPS) is 9.62. The minimum absolute atomic E-state index is 0.0931. The average molecular weight is 235 g/mol. The van der Waals surface area contributed by atoms with Crippen molar-refractivity contribution in [3.63, 3.8) is 0 Å². The summed E-state index contributed by atoms with van der Waals surface area (Å²) in [5, 5.41) is 8.97. The zero-order chi connectivity index (χ0) is 12.1. The Bertz CT molecular complexity index is 449. The fourth-order valence-corrected chi connectivity index (χ4v) is 1.84. The van der Waals surface area contributed by atoms with Gasteiger partial charge in [0.25, 0.3) is 0 Å². The highest BCUT2D eigenvalue weighted by Gasteiger charge is 2.12. The number of hydrogen-bond acceptors (Lipinski definition) is 4. The van der Waals surface area contributed by atoms with E-state index in [2.05, 4.69) is 18.7 Å². The topological polar surface area (TPSA) is 50.1 Å². The summed E-state index contributed by atoms with van der Waals surface area (Å²) in [5.74, 6) is -0.335. The number of hydrogen-bond donors (Lipinski definition) is 1. The van der Waals surface area contributed by atoms with Crippen LogP contribution < -0.4 is 0 Å². The third kappa shape index (κ3) is 3.01. The van der Waals surface area contributed by atoms with Crippen LogP contribution in [0.5, 0.6) is 0 Å². The summed E-state index contributed by atoms with van der Waals surface area (Å²) >= 11 is 4.28. The van der Waals surface area contributed by atoms with E-state index in [1.54, 1.807) is 13.0 Å². The molecule has 0 heterocycles. The molecule has 4 heteroatoms. The number of rotatable bonds is 3. The van der Waals surface area contributed by atoms with E-state index in [1.807, 2.05) is 13.0 Å². The molecule has 1 aromatic rings. The average Bonchev–Trinajstić information content (AvgIpc) is 2.22. The van der Waals surface area contributed by atoms with Gasteiger partial charge >= 0.3 is 5.97 Å². The van der Waals surface area contributed by atoms with Gasteiger partial charge in [0.05, 0.1) is 24.7 Å². The first-order valence-electron chi connectivity index (χ1n) is 4.96. The molecule has 1 rings (SSSR count). The molecule has 3 nitrogen and oxygen atoms in total. The summed E-state index contributed by atoms with van der Waals surface area (Å²) in [7, 11) is 0. The Morgan fingerprint density at radius 3 is 2.81 bits per heavy atom. The summed E-state index contributed by atoms with van der Waals surface area (Å²) < 4.78 is 4.85. The van der Waals surface area contributed by atoms with Crippen LogP contribution >= 0.6 is 12.6 Å². The van der Waals surface area contributed by atoms with Gasteiger partial charge in [-0.05, 0) is 37.1 Å². The Balaban J connectivity index is 3.04. The molecule has 0 bridgehead atoms. The van der Waals surface area contributed by atoms with Crippen LogP contribution in [-0.4, -0.2) is 12.6 Å². The number of esters is 1. The van der Waals surface area contributed by atoms with E-state index in [9.17, 15) is 4.79 Å². The molecule has 0 aliphatic carbocycles. The molecule has 84 valence electrons. The minimum Gasteiger partial charge on any atom is -0.466 e. The Morgan fingerprint density at radius 2 is 2.25 bits per heavy atom. The van der Waals surface area contributed by atoms with Crippen molar-refractivity contribution in [2.75, 3.05) is 6.61 Å². The van der Waals surface area contributed by atoms with Crippen molar-refractivity contribution >= 4 is 18.6 Å². The van der Waals surface area contributed by atoms with Crippen LogP contribution in [-0.2, 0) is 16.0 Å². The standard InChI is InChI=1S/C12H13NO2S/c1-3-15-12(14)6-10-9(7-13)4-8(2)5-11(10)16/h4-5,16H,3,6H2,1-2H3. The first-order chi connectivity index (χ1) is 7.58. The molecule has 0 N–H and O–H groups in total. The Kier molecular flexibility index (Phi) is 4.39. The van der Waals surface area contributed by atoms with Gasteiger partial charge in [-0.1, -0.05) is 0 Å². The fourth-order valence-electron chi connectivity index (χ4n) is 1.44. The molecule has 0 aromatic heterocycles. The van der Waals surface area contributed by atoms with E-state index in [4.69, 9.17) is 10.00 Å². The highest BCUT2D eigenvalue weighted by molar-refractivity contribution is 7.80. The van der Waals surface area contributed by atoms with E-state index in [0.717, 1.165) is 5.56 Å². The van der Waals surface area contributed by atoms with E-state index in [-0.39, 0.29) is 12.4 Å². The molecule has 0 saturated heterocycles. The lowest BCUT2D eigenvalue weighted by atomic mass is 10.0. The Labute approximate surface area is 100 Å². The van der Waals surface area contributed by atoms with Gasteiger partial charge in [0.2, 0.25) is 0 Å². The summed E-state index contributed by atoms with van der Waals surface area (Å²) in [6.45, 7) is 3.98. The first-order valence-corrected chi connectivity index (χ1v) is 5.41. The van der Waals surface area contributed by atoms with Crippen molar-refractivity contribution in [1.29, 1.82) is 5.26 Å². The number of ether oxygens (including phenoxy) is 1. The second-order valence-corrected chi connectivity index (χ2v) is 3.89. The minimum atomic E-state index is -0.335. The third-order valence-corrected chi connectivity index (χ3v) is 2.52. The van der Waals surface area contributed by atoms with Gasteiger partial charge in [-0.25, -0.2) is 0 Å². The van der Waals surface area contributed by atoms with Gasteiger partial charge < -0.3 is 4.74 Å². The van der Waals surface area contributed by atoms with Gasteiger partial charge in [0.15, 0.2) is 0 Å². The number of nitrogens with zero attached hydrogens (tertiary/aromatic N) is 1. The molecule has 0 unspecified atom stereocenters. The number of nitriles is 1. The highest BCUT2D eigenvalue weighted by Crippen LogP contribution is 2.21. The van der Waals surface area contributed by atoms with Gasteiger partial charge in [-0.3, -0.25) is 4.79 Å². The summed E-state index contributed by atoms with van der Waals surface area (Å²) in [6, 6.07) is 5.64. The van der Waals surface area contributed by atoms with Gasteiger partial charge in [-0.2, -0.15) is 5.26 Å². The van der Waals surface area contributed by atoms with Gasteiger partial charge in [0, 0.05) is 4.90 Å². The van der Waals surface area contributed by atoms with Gasteiger partial charge in [-0.15, -0.1) is 12.6 Å². The van der Waals surface area contributed by atoms with Gasteiger partial charge in [0.1, 0.15) is 0 Å². The summed E-state index contributed by atoms with van der Waals surface area (Å²) in [5.41, 5.74) is 2.07. The number of carbonyl (C=O) groups is 1. The lowest BCUT2D eigenvalue weighted by molar-refractivity contribution is -0.142. The van der Waals surface area contributed by atoms with Crippen LogP contribution in [0.2, 0.25) is 0 Å². The lowest BCUT2D eigenvalue weighted by Gasteiger charge is -2.08. The van der Waals surface area contributed by atoms with E-state index >= 15 is 0 Å². The molecule has 0 aliphatic rings. The van der Waals surface area contributed by atoms with Crippen LogP contribution in [0.4, 0.5) is 0 Å². The van der Waals surface area contributed by atoms with Crippen molar-refractivity contribution < 1.29 is 9.53 Å². The second kappa shape index (κ2) is 5.57. The lowest BCUT2D eigenvalue weighted by Crippen LogP contribution is -2.09. The highest BCUT2D eigenvalue weighted by atomic mass is 32.1. The Morgan fingerprint density at radius 1 is 1.56 bits per heavy atom. The zero-order valence-corrected chi connectivity index (χ0v) is 10.2. The van der Waals surface area contributed by atoms with Crippen molar-refractivity contribution in [3.05, 3.63) is 28.8 Å². The number of benzene rings is 1. The number of aryl methyl sites for hydroxylation is 1. The predicted molar refractivity (Wildman–Crippen MR) is 63.5 cm³/mol. The quantitative estimate of drug-likeness (QED) is 0.646. The zero-order valence-electron chi connectivity index (χ0n) is 9.28. The third-order valence-electron chi connectivity index (χ3n) is 2.12. The van der Waals surface area contributed by atoms with Crippen LogP contribution in [0.25, 0.3) is 0 Å². The molecule has 0 amide bonds. The number of carbonyl (C=O) groups excluding carboxylic acids is 1. The first kappa shape index (κ1) is 12.6. The van der Waals surface area contributed by atoms with Crippen molar-refractivity contribution in [1.82, 2.24) is 0 Å². The maximum atomic E-state index is 11.4. The van der Waals surface area contributed by atoms with Crippen molar-refractivity contribution in [2.24, 2.45) is 0 Å². The van der Waals surface area contributed by atoms with Crippen molar-refractivity contribution in [3.8, 4) is 6.07 Å². The monoisotopic (exact) mass is 235 g/mol. The van der Waals surface area contributed by atoms with Crippen molar-refractivity contribution in [2.45, 2.75) is 25.2 Å². The Hall–Kier alpha value is -1.47. The molecule has 0 fully saturated rings. The summed E-state index contributed by atoms with van der Waals surface area (Å²) in [6.07, 6.45) is 0.0931. The maximum Gasteiger partial charge on any atom is 0.310 e. The van der Waals surface area contributed by atoms with E-state index in [0.29, 0.717) is 22.6 Å². The molecular formula is C12H13NO2S. The maximum absolute atomic E-state index is 11.4. The van der Waals surface area contributed by atoms with Crippen LogP contribution in [0, 0.1) is 18.3 Å². The summed E-state index contributed by atoms with van der Waals surface area (Å²) in [4.78, 5) is 12.0. The second-order valence-electron chi connectivity index (χ2n) is 3.40. The molecule has 0 aliphatic heterocycles. The molecule has 0 saturated carbocycles. The molecular weight excluding hydrogens is 222 g/mol. The van der Waals surface area contributed by atoms with E-state index < -0.39 is 0 Å². The molecule has 1 aromatic carbocycles. The van der Waals surface area contributed by atoms with Crippen LogP contribution in [0.15, 0.2) is 17.0 Å². The molecule has 0 atom stereocenters. The molecule has 16 heavy (non-hydrogen) atoms. The fraction of sp³-hybridized carbons (Fsp3) is 0.333. The van der Waals surface area contributed by atoms with E-state index in [1.165, 1.54) is 0 Å². The predicted octanol–water partition coefficient (Wildman–Crippen LogP) is 2.26. The molecule has 0 radical (unpaired) electrons. The van der Waals surface area contributed by atoms with Crippen LogP contribution in [0.1, 0.15) is 23.6 Å². The number of thiol groups is 1. The van der Waals surface area contributed by atoms with Crippen LogP contribution in [0.3, 0.4) is 0 Å². The molecule has 0 spiro atoms. The largest absolute Gasteiger partial charge is 0.466 e. The SMILES string of the molecule is CCOC(=O)Cc1c(S)cc(C)cc1C#N.